The van der Waals surface area contributed by atoms with Crippen LogP contribution < -0.4 is 4.74 Å². The number of piperidine rings is 1. The molecule has 1 fully saturated rings. The number of aliphatic hydroxyl groups excluding tert-OH is 1. The highest BCUT2D eigenvalue weighted by Gasteiger charge is 2.36. The van der Waals surface area contributed by atoms with Gasteiger partial charge in [-0.3, -0.25) is 0 Å². The van der Waals surface area contributed by atoms with Crippen LogP contribution in [0.3, 0.4) is 0 Å². The molecule has 1 N–H and O–H groups in total. The van der Waals surface area contributed by atoms with Crippen molar-refractivity contribution < 1.29 is 14.7 Å². The summed E-state index contributed by atoms with van der Waals surface area (Å²) in [6, 6.07) is 14.0. The fourth-order valence-corrected chi connectivity index (χ4v) is 4.68. The molecule has 7 heteroatoms. The van der Waals surface area contributed by atoms with E-state index in [1.165, 1.54) is 5.56 Å². The number of benzene rings is 2. The molecule has 0 saturated carbocycles. The van der Waals surface area contributed by atoms with Crippen molar-refractivity contribution >= 4 is 11.9 Å². The molecule has 0 spiro atoms. The van der Waals surface area contributed by atoms with E-state index in [4.69, 9.17) is 9.57 Å². The van der Waals surface area contributed by atoms with Crippen molar-refractivity contribution in [2.24, 2.45) is 5.16 Å². The molecule has 0 amide bonds. The Labute approximate surface area is 199 Å². The summed E-state index contributed by atoms with van der Waals surface area (Å²) >= 11 is 0. The van der Waals surface area contributed by atoms with Crippen molar-refractivity contribution in [3.05, 3.63) is 82.9 Å². The van der Waals surface area contributed by atoms with Crippen molar-refractivity contribution in [3.8, 4) is 11.4 Å². The van der Waals surface area contributed by atoms with Gasteiger partial charge in [-0.05, 0) is 61.6 Å². The maximum atomic E-state index is 11.1. The SMILES string of the molecule is COc1cc(/C=C2\CCCN3C2=NOC[C@@H]3C(O)c2ccc(C)cc2)ccc1-n1cnc(C)c1. The van der Waals surface area contributed by atoms with Crippen LogP contribution in [0.5, 0.6) is 5.75 Å². The summed E-state index contributed by atoms with van der Waals surface area (Å²) in [5.74, 6) is 1.58. The lowest BCUT2D eigenvalue weighted by Gasteiger charge is -2.42. The Hall–Kier alpha value is -3.58. The largest absolute Gasteiger partial charge is 0.495 e. The smallest absolute Gasteiger partial charge is 0.171 e. The highest BCUT2D eigenvalue weighted by atomic mass is 16.6. The van der Waals surface area contributed by atoms with Gasteiger partial charge in [0.1, 0.15) is 18.5 Å². The van der Waals surface area contributed by atoms with Gasteiger partial charge in [0.15, 0.2) is 5.84 Å². The second-order valence-corrected chi connectivity index (χ2v) is 8.95. The first-order chi connectivity index (χ1) is 16.5. The normalized spacial score (nSPS) is 19.9. The first-order valence-corrected chi connectivity index (χ1v) is 11.6. The third-order valence-electron chi connectivity index (χ3n) is 6.52. The van der Waals surface area contributed by atoms with Gasteiger partial charge >= 0.3 is 0 Å². The van der Waals surface area contributed by atoms with Gasteiger partial charge in [0, 0.05) is 12.7 Å². The third kappa shape index (κ3) is 4.31. The van der Waals surface area contributed by atoms with Gasteiger partial charge < -0.3 is 24.1 Å². The molecule has 0 bridgehead atoms. The van der Waals surface area contributed by atoms with Crippen LogP contribution in [0.2, 0.25) is 0 Å². The Balaban J connectivity index is 1.42. The predicted molar refractivity (Wildman–Crippen MR) is 132 cm³/mol. The molecule has 34 heavy (non-hydrogen) atoms. The third-order valence-corrected chi connectivity index (χ3v) is 6.52. The van der Waals surface area contributed by atoms with E-state index in [-0.39, 0.29) is 6.04 Å². The lowest BCUT2D eigenvalue weighted by Crippen LogP contribution is -2.51. The van der Waals surface area contributed by atoms with Gasteiger partial charge in [0.25, 0.3) is 0 Å². The summed E-state index contributed by atoms with van der Waals surface area (Å²) in [7, 11) is 1.68. The number of aliphatic hydroxyl groups is 1. The van der Waals surface area contributed by atoms with Gasteiger partial charge in [-0.1, -0.05) is 41.1 Å². The molecule has 1 unspecified atom stereocenters. The van der Waals surface area contributed by atoms with Gasteiger partial charge in [-0.25, -0.2) is 4.98 Å². The number of ether oxygens (including phenoxy) is 1. The maximum Gasteiger partial charge on any atom is 0.171 e. The van der Waals surface area contributed by atoms with Crippen LogP contribution in [0.25, 0.3) is 11.8 Å². The molecule has 2 aromatic carbocycles. The number of fused-ring (bicyclic) bond motifs is 1. The topological polar surface area (TPSA) is 72.1 Å². The van der Waals surface area contributed by atoms with E-state index in [0.29, 0.717) is 6.61 Å². The molecule has 2 atom stereocenters. The number of nitrogens with zero attached hydrogens (tertiary/aromatic N) is 4. The molecule has 5 rings (SSSR count). The Kier molecular flexibility index (Phi) is 6.11. The zero-order valence-corrected chi connectivity index (χ0v) is 19.8. The molecule has 3 heterocycles. The summed E-state index contributed by atoms with van der Waals surface area (Å²) in [4.78, 5) is 12.1. The Bertz CT molecular complexity index is 1230. The van der Waals surface area contributed by atoms with E-state index >= 15 is 0 Å². The van der Waals surface area contributed by atoms with Gasteiger partial charge in [0.2, 0.25) is 0 Å². The number of methoxy groups -OCH3 is 1. The predicted octanol–water partition coefficient (Wildman–Crippen LogP) is 4.42. The van der Waals surface area contributed by atoms with Crippen molar-refractivity contribution in [1.29, 1.82) is 0 Å². The molecule has 1 saturated heterocycles. The summed E-state index contributed by atoms with van der Waals surface area (Å²) in [5.41, 5.74) is 6.08. The van der Waals surface area contributed by atoms with E-state index in [2.05, 4.69) is 27.2 Å². The van der Waals surface area contributed by atoms with Crippen LogP contribution in [0.15, 0.2) is 65.7 Å². The minimum absolute atomic E-state index is 0.180. The molecular weight excluding hydrogens is 428 g/mol. The summed E-state index contributed by atoms with van der Waals surface area (Å²) < 4.78 is 7.64. The summed E-state index contributed by atoms with van der Waals surface area (Å²) in [6.45, 7) is 5.21. The number of aromatic nitrogens is 2. The molecule has 0 radical (unpaired) electrons. The molecule has 2 aliphatic heterocycles. The number of amidine groups is 1. The quantitative estimate of drug-likeness (QED) is 0.613. The van der Waals surface area contributed by atoms with Crippen LogP contribution in [-0.2, 0) is 4.84 Å². The summed E-state index contributed by atoms with van der Waals surface area (Å²) in [6.07, 6.45) is 7.15. The fraction of sp³-hybridized carbons (Fsp3) is 0.333. The van der Waals surface area contributed by atoms with E-state index in [9.17, 15) is 5.11 Å². The molecule has 2 aliphatic rings. The van der Waals surface area contributed by atoms with Crippen LogP contribution in [-0.4, -0.2) is 51.7 Å². The standard InChI is InChI=1S/C27H30N4O3/c1-18-6-9-21(10-7-18)26(32)24-16-34-29-27-22(5-4-12-31(24)27)13-20-8-11-23(25(14-20)33-3)30-15-19(2)28-17-30/h6-11,13-15,17,24,26,32H,4-5,12,16H2,1-3H3/b22-13+/t24-,26?/m1/s1. The monoisotopic (exact) mass is 458 g/mol. The molecule has 176 valence electrons. The molecule has 3 aromatic rings. The van der Waals surface area contributed by atoms with Crippen molar-refractivity contribution in [2.75, 3.05) is 20.3 Å². The van der Waals surface area contributed by atoms with Crippen LogP contribution >= 0.6 is 0 Å². The number of oxime groups is 1. The Morgan fingerprint density at radius 3 is 2.74 bits per heavy atom. The number of hydrogen-bond donors (Lipinski definition) is 1. The molecular formula is C27H30N4O3. The second kappa shape index (κ2) is 9.35. The lowest BCUT2D eigenvalue weighted by atomic mass is 9.94. The highest BCUT2D eigenvalue weighted by Crippen LogP contribution is 2.32. The van der Waals surface area contributed by atoms with Gasteiger partial charge in [0.05, 0.1) is 30.9 Å². The molecule has 7 nitrogen and oxygen atoms in total. The fourth-order valence-electron chi connectivity index (χ4n) is 4.68. The Morgan fingerprint density at radius 1 is 1.18 bits per heavy atom. The maximum absolute atomic E-state index is 11.1. The van der Waals surface area contributed by atoms with Crippen LogP contribution in [0.4, 0.5) is 0 Å². The van der Waals surface area contributed by atoms with E-state index in [1.807, 2.05) is 61.0 Å². The van der Waals surface area contributed by atoms with Gasteiger partial charge in [-0.15, -0.1) is 0 Å². The second-order valence-electron chi connectivity index (χ2n) is 8.95. The lowest BCUT2D eigenvalue weighted by molar-refractivity contribution is -0.00798. The summed E-state index contributed by atoms with van der Waals surface area (Å²) in [5, 5.41) is 15.5. The van der Waals surface area contributed by atoms with Crippen molar-refractivity contribution in [1.82, 2.24) is 14.5 Å². The number of aryl methyl sites for hydroxylation is 2. The minimum atomic E-state index is -0.650. The van der Waals surface area contributed by atoms with Crippen molar-refractivity contribution in [2.45, 2.75) is 38.8 Å². The van der Waals surface area contributed by atoms with Gasteiger partial charge in [-0.2, -0.15) is 0 Å². The number of rotatable bonds is 5. The minimum Gasteiger partial charge on any atom is -0.495 e. The van der Waals surface area contributed by atoms with E-state index in [0.717, 1.165) is 59.1 Å². The zero-order chi connectivity index (χ0) is 23.7. The Morgan fingerprint density at radius 2 is 2.00 bits per heavy atom. The average molecular weight is 459 g/mol. The van der Waals surface area contributed by atoms with Crippen LogP contribution in [0, 0.1) is 13.8 Å². The first kappa shape index (κ1) is 22.2. The molecule has 1 aromatic heterocycles. The number of imidazole rings is 1. The van der Waals surface area contributed by atoms with E-state index < -0.39 is 6.10 Å². The number of hydrogen-bond acceptors (Lipinski definition) is 6. The van der Waals surface area contributed by atoms with Crippen molar-refractivity contribution in [3.63, 3.8) is 0 Å². The highest BCUT2D eigenvalue weighted by molar-refractivity contribution is 6.03. The zero-order valence-electron chi connectivity index (χ0n) is 19.8. The average Bonchev–Trinajstić information content (AvgIpc) is 3.30. The van der Waals surface area contributed by atoms with E-state index in [1.54, 1.807) is 13.4 Å². The molecule has 0 aliphatic carbocycles. The van der Waals surface area contributed by atoms with Crippen LogP contribution in [0.1, 0.15) is 41.3 Å². The first-order valence-electron chi connectivity index (χ1n) is 11.6.